The summed E-state index contributed by atoms with van der Waals surface area (Å²) in [5.74, 6) is 0. The Morgan fingerprint density at radius 3 is 3.08 bits per heavy atom. The number of rotatable bonds is 5. The van der Waals surface area contributed by atoms with E-state index in [0.29, 0.717) is 13.2 Å². The van der Waals surface area contributed by atoms with Crippen molar-refractivity contribution in [2.24, 2.45) is 0 Å². The maximum atomic E-state index is 5.36. The lowest BCUT2D eigenvalue weighted by Gasteiger charge is -2.01. The van der Waals surface area contributed by atoms with Crippen LogP contribution in [0.4, 0.5) is 0 Å². The summed E-state index contributed by atoms with van der Waals surface area (Å²) in [5, 5.41) is 8.10. The van der Waals surface area contributed by atoms with Crippen molar-refractivity contribution >= 4 is 11.8 Å². The molecule has 0 amide bonds. The van der Waals surface area contributed by atoms with Crippen LogP contribution in [0.3, 0.4) is 0 Å². The normalized spacial score (nSPS) is 10.3. The van der Waals surface area contributed by atoms with E-state index in [0.717, 1.165) is 16.3 Å². The SMILES string of the molecule is C=CCOCc1c(SC)n[nH]c1C. The van der Waals surface area contributed by atoms with E-state index in [4.69, 9.17) is 4.74 Å². The number of H-pyrrole nitrogens is 1. The van der Waals surface area contributed by atoms with Crippen molar-refractivity contribution in [3.8, 4) is 0 Å². The minimum absolute atomic E-state index is 0.582. The van der Waals surface area contributed by atoms with Crippen LogP contribution in [0.15, 0.2) is 17.7 Å². The van der Waals surface area contributed by atoms with Gasteiger partial charge in [-0.25, -0.2) is 0 Å². The van der Waals surface area contributed by atoms with Gasteiger partial charge in [0.25, 0.3) is 0 Å². The Morgan fingerprint density at radius 2 is 2.46 bits per heavy atom. The van der Waals surface area contributed by atoms with Gasteiger partial charge in [0, 0.05) is 11.3 Å². The summed E-state index contributed by atoms with van der Waals surface area (Å²) < 4.78 is 5.36. The molecule has 1 rings (SSSR count). The van der Waals surface area contributed by atoms with Crippen molar-refractivity contribution in [2.45, 2.75) is 18.6 Å². The molecule has 0 radical (unpaired) electrons. The van der Waals surface area contributed by atoms with Crippen LogP contribution in [0, 0.1) is 6.92 Å². The zero-order chi connectivity index (χ0) is 9.68. The van der Waals surface area contributed by atoms with E-state index >= 15 is 0 Å². The third-order valence-electron chi connectivity index (χ3n) is 1.71. The summed E-state index contributed by atoms with van der Waals surface area (Å²) in [6.45, 7) is 6.77. The number of hydrogen-bond acceptors (Lipinski definition) is 3. The monoisotopic (exact) mass is 198 g/mol. The van der Waals surface area contributed by atoms with Crippen molar-refractivity contribution < 1.29 is 4.74 Å². The van der Waals surface area contributed by atoms with Crippen LogP contribution >= 0.6 is 11.8 Å². The summed E-state index contributed by atoms with van der Waals surface area (Å²) in [6.07, 6.45) is 3.75. The van der Waals surface area contributed by atoms with E-state index in [1.54, 1.807) is 17.8 Å². The van der Waals surface area contributed by atoms with Gasteiger partial charge in [-0.3, -0.25) is 5.10 Å². The summed E-state index contributed by atoms with van der Waals surface area (Å²) >= 11 is 1.63. The van der Waals surface area contributed by atoms with Crippen LogP contribution in [0.1, 0.15) is 11.3 Å². The van der Waals surface area contributed by atoms with Gasteiger partial charge in [-0.1, -0.05) is 6.08 Å². The first-order valence-electron chi connectivity index (χ1n) is 4.06. The molecule has 72 valence electrons. The number of thioether (sulfide) groups is 1. The number of nitrogens with one attached hydrogen (secondary N) is 1. The van der Waals surface area contributed by atoms with Gasteiger partial charge in [-0.05, 0) is 13.2 Å². The molecule has 0 spiro atoms. The molecule has 1 aromatic heterocycles. The summed E-state index contributed by atoms with van der Waals surface area (Å²) in [7, 11) is 0. The zero-order valence-corrected chi connectivity index (χ0v) is 8.78. The standard InChI is InChI=1S/C9H14N2OS/c1-4-5-12-6-8-7(2)10-11-9(8)13-3/h4H,1,5-6H2,2-3H3,(H,10,11). The predicted molar refractivity (Wildman–Crippen MR) is 55.0 cm³/mol. The highest BCUT2D eigenvalue weighted by atomic mass is 32.2. The highest BCUT2D eigenvalue weighted by Gasteiger charge is 2.08. The van der Waals surface area contributed by atoms with Crippen LogP contribution in [0.5, 0.6) is 0 Å². The third-order valence-corrected chi connectivity index (χ3v) is 2.44. The highest BCUT2D eigenvalue weighted by molar-refractivity contribution is 7.98. The van der Waals surface area contributed by atoms with Crippen molar-refractivity contribution in [3.63, 3.8) is 0 Å². The fourth-order valence-electron chi connectivity index (χ4n) is 1.01. The molecule has 0 fully saturated rings. The van der Waals surface area contributed by atoms with Crippen molar-refractivity contribution in [1.29, 1.82) is 0 Å². The van der Waals surface area contributed by atoms with E-state index in [-0.39, 0.29) is 0 Å². The molecule has 4 heteroatoms. The lowest BCUT2D eigenvalue weighted by atomic mass is 10.3. The van der Waals surface area contributed by atoms with E-state index < -0.39 is 0 Å². The van der Waals surface area contributed by atoms with Gasteiger partial charge in [0.05, 0.1) is 13.2 Å². The zero-order valence-electron chi connectivity index (χ0n) is 7.96. The molecular weight excluding hydrogens is 184 g/mol. The molecule has 1 N–H and O–H groups in total. The molecule has 1 heterocycles. The van der Waals surface area contributed by atoms with E-state index in [1.807, 2.05) is 13.2 Å². The molecule has 0 saturated carbocycles. The van der Waals surface area contributed by atoms with Gasteiger partial charge in [0.2, 0.25) is 0 Å². The van der Waals surface area contributed by atoms with E-state index in [9.17, 15) is 0 Å². The molecule has 0 aliphatic rings. The Balaban J connectivity index is 2.62. The van der Waals surface area contributed by atoms with Crippen LogP contribution in [-0.2, 0) is 11.3 Å². The Labute approximate surface area is 82.6 Å². The number of ether oxygens (including phenoxy) is 1. The molecule has 3 nitrogen and oxygen atoms in total. The number of aromatic amines is 1. The van der Waals surface area contributed by atoms with Crippen LogP contribution in [-0.4, -0.2) is 23.1 Å². The lowest BCUT2D eigenvalue weighted by molar-refractivity contribution is 0.146. The third kappa shape index (κ3) is 2.60. The Morgan fingerprint density at radius 1 is 1.69 bits per heavy atom. The Hall–Kier alpha value is -0.740. The minimum Gasteiger partial charge on any atom is -0.373 e. The molecule has 0 saturated heterocycles. The van der Waals surface area contributed by atoms with Crippen molar-refractivity contribution in [1.82, 2.24) is 10.2 Å². The van der Waals surface area contributed by atoms with E-state index in [2.05, 4.69) is 16.8 Å². The first-order chi connectivity index (χ1) is 6.29. The molecule has 0 unspecified atom stereocenters. The summed E-state index contributed by atoms with van der Waals surface area (Å²) in [5.41, 5.74) is 2.22. The van der Waals surface area contributed by atoms with Crippen molar-refractivity contribution in [2.75, 3.05) is 12.9 Å². The van der Waals surface area contributed by atoms with Crippen molar-refractivity contribution in [3.05, 3.63) is 23.9 Å². The van der Waals surface area contributed by atoms with Crippen LogP contribution < -0.4 is 0 Å². The number of aromatic nitrogens is 2. The average Bonchev–Trinajstić information content (AvgIpc) is 2.48. The predicted octanol–water partition coefficient (Wildman–Crippen LogP) is 2.14. The molecular formula is C9H14N2OS. The molecule has 1 aromatic rings. The highest BCUT2D eigenvalue weighted by Crippen LogP contribution is 2.20. The molecule has 0 bridgehead atoms. The maximum Gasteiger partial charge on any atom is 0.123 e. The van der Waals surface area contributed by atoms with Gasteiger partial charge in [0.15, 0.2) is 0 Å². The fraction of sp³-hybridized carbons (Fsp3) is 0.444. The minimum atomic E-state index is 0.582. The second-order valence-electron chi connectivity index (χ2n) is 2.64. The summed E-state index contributed by atoms with van der Waals surface area (Å²) in [4.78, 5) is 0. The molecule has 13 heavy (non-hydrogen) atoms. The smallest absolute Gasteiger partial charge is 0.123 e. The van der Waals surface area contributed by atoms with E-state index in [1.165, 1.54) is 0 Å². The van der Waals surface area contributed by atoms with Gasteiger partial charge in [-0.2, -0.15) is 5.10 Å². The number of aryl methyl sites for hydroxylation is 1. The molecule has 0 aliphatic heterocycles. The quantitative estimate of drug-likeness (QED) is 0.447. The molecule has 0 atom stereocenters. The second kappa shape index (κ2) is 5.09. The fourth-order valence-corrected chi connectivity index (χ4v) is 1.61. The lowest BCUT2D eigenvalue weighted by Crippen LogP contribution is -1.94. The van der Waals surface area contributed by atoms with Gasteiger partial charge < -0.3 is 4.74 Å². The average molecular weight is 198 g/mol. The van der Waals surface area contributed by atoms with Gasteiger partial charge in [-0.15, -0.1) is 18.3 Å². The Bertz CT molecular complexity index is 283. The summed E-state index contributed by atoms with van der Waals surface area (Å²) in [6, 6.07) is 0. The number of hydrogen-bond donors (Lipinski definition) is 1. The van der Waals surface area contributed by atoms with Crippen LogP contribution in [0.2, 0.25) is 0 Å². The van der Waals surface area contributed by atoms with Gasteiger partial charge in [0.1, 0.15) is 5.03 Å². The Kier molecular flexibility index (Phi) is 4.05. The second-order valence-corrected chi connectivity index (χ2v) is 3.44. The maximum absolute atomic E-state index is 5.36. The topological polar surface area (TPSA) is 37.9 Å². The first kappa shape index (κ1) is 10.3. The largest absolute Gasteiger partial charge is 0.373 e. The first-order valence-corrected chi connectivity index (χ1v) is 5.28. The van der Waals surface area contributed by atoms with Gasteiger partial charge >= 0.3 is 0 Å². The number of nitrogens with zero attached hydrogens (tertiary/aromatic N) is 1. The molecule has 0 aliphatic carbocycles. The van der Waals surface area contributed by atoms with Crippen LogP contribution in [0.25, 0.3) is 0 Å². The molecule has 0 aromatic carbocycles.